The van der Waals surface area contributed by atoms with Crippen LogP contribution in [0.2, 0.25) is 0 Å². The molecule has 3 heterocycles. The summed E-state index contributed by atoms with van der Waals surface area (Å²) in [5.41, 5.74) is 2.04. The average Bonchev–Trinajstić information content (AvgIpc) is 3.28. The van der Waals surface area contributed by atoms with E-state index in [4.69, 9.17) is 9.83 Å². The van der Waals surface area contributed by atoms with Gasteiger partial charge in [0.25, 0.3) is 11.6 Å². The third-order valence-corrected chi connectivity index (χ3v) is 4.33. The summed E-state index contributed by atoms with van der Waals surface area (Å²) < 4.78 is 5.66. The predicted octanol–water partition coefficient (Wildman–Crippen LogP) is 3.10. The van der Waals surface area contributed by atoms with Crippen LogP contribution in [0.15, 0.2) is 56.5 Å². The molecule has 26 heavy (non-hydrogen) atoms. The molecule has 0 saturated heterocycles. The summed E-state index contributed by atoms with van der Waals surface area (Å²) in [5, 5.41) is 24.6. The highest BCUT2D eigenvalue weighted by molar-refractivity contribution is 8.25. The minimum atomic E-state index is -0.549. The molecule has 0 unspecified atom stereocenters. The van der Waals surface area contributed by atoms with E-state index in [1.807, 2.05) is 0 Å². The maximum atomic E-state index is 12.1. The molecule has 10 heteroatoms. The molecule has 1 amide bonds. The first kappa shape index (κ1) is 16.0. The summed E-state index contributed by atoms with van der Waals surface area (Å²) in [7, 11) is 0. The van der Waals surface area contributed by atoms with Gasteiger partial charge in [-0.05, 0) is 30.0 Å². The van der Waals surface area contributed by atoms with E-state index in [-0.39, 0.29) is 17.1 Å². The van der Waals surface area contributed by atoms with Crippen molar-refractivity contribution in [3.05, 3.63) is 57.8 Å². The summed E-state index contributed by atoms with van der Waals surface area (Å²) in [4.78, 5) is 26.4. The number of hydrogen-bond donors (Lipinski definition) is 1. The summed E-state index contributed by atoms with van der Waals surface area (Å²) in [6.45, 7) is 0. The lowest BCUT2D eigenvalue weighted by atomic mass is 10.1. The lowest BCUT2D eigenvalue weighted by Crippen LogP contribution is -2.35. The molecule has 2 aromatic rings. The number of thioether (sulfide) groups is 1. The van der Waals surface area contributed by atoms with E-state index >= 15 is 0 Å². The molecule has 0 saturated carbocycles. The summed E-state index contributed by atoms with van der Waals surface area (Å²) in [6.07, 6.45) is 1.41. The molecule has 1 N–H and O–H groups in total. The number of nitrogens with one attached hydrogen (secondary N) is 1. The number of carbonyl (C=O) groups excluding carboxylic acids is 1. The Hall–Kier alpha value is -3.53. The van der Waals surface area contributed by atoms with Crippen LogP contribution in [0.5, 0.6) is 0 Å². The van der Waals surface area contributed by atoms with E-state index in [2.05, 4.69) is 10.1 Å². The largest absolute Gasteiger partial charge is 0.457 e. The third kappa shape index (κ3) is 2.71. The van der Waals surface area contributed by atoms with Crippen molar-refractivity contribution in [3.8, 4) is 11.3 Å². The van der Waals surface area contributed by atoms with Crippen molar-refractivity contribution in [1.29, 1.82) is 5.41 Å². The van der Waals surface area contributed by atoms with Crippen LogP contribution in [0.1, 0.15) is 5.76 Å². The Morgan fingerprint density at radius 2 is 2.15 bits per heavy atom. The second kappa shape index (κ2) is 6.08. The minimum absolute atomic E-state index is 0.0469. The van der Waals surface area contributed by atoms with Gasteiger partial charge in [0, 0.05) is 17.7 Å². The molecular formula is C16H9N5O4S. The first-order valence-corrected chi connectivity index (χ1v) is 8.18. The van der Waals surface area contributed by atoms with E-state index < -0.39 is 10.8 Å². The molecule has 128 valence electrons. The van der Waals surface area contributed by atoms with Crippen LogP contribution in [0, 0.1) is 15.5 Å². The third-order valence-electron chi connectivity index (χ3n) is 3.65. The molecular weight excluding hydrogens is 358 g/mol. The number of carbonyl (C=O) groups is 1. The quantitative estimate of drug-likeness (QED) is 0.505. The Morgan fingerprint density at radius 1 is 1.31 bits per heavy atom. The molecule has 0 atom stereocenters. The van der Waals surface area contributed by atoms with Crippen LogP contribution in [-0.2, 0) is 4.79 Å². The lowest BCUT2D eigenvalue weighted by molar-refractivity contribution is -0.384. The Bertz CT molecular complexity index is 1050. The summed E-state index contributed by atoms with van der Waals surface area (Å²) in [5.74, 6) is 0.102. The Balaban J connectivity index is 1.67. The van der Waals surface area contributed by atoms with Crippen molar-refractivity contribution in [2.75, 3.05) is 0 Å². The van der Waals surface area contributed by atoms with Crippen molar-refractivity contribution in [2.45, 2.75) is 0 Å². The van der Waals surface area contributed by atoms with Gasteiger partial charge in [0.15, 0.2) is 11.0 Å². The number of nitrogens with zero attached hydrogens (tertiary/aromatic N) is 4. The average molecular weight is 367 g/mol. The van der Waals surface area contributed by atoms with Crippen molar-refractivity contribution < 1.29 is 14.1 Å². The standard InChI is InChI=1S/C16H9N5O4S/c17-14-12(15(22)19-16-20(14)18-8-26-16)7-11-4-5-13(25-11)9-2-1-3-10(6-9)21(23)24/h1-8,17H. The van der Waals surface area contributed by atoms with E-state index in [0.717, 1.165) is 11.8 Å². The number of nitro groups is 1. The molecule has 0 aliphatic carbocycles. The number of amidine groups is 2. The van der Waals surface area contributed by atoms with Gasteiger partial charge in [0.1, 0.15) is 11.5 Å². The highest BCUT2D eigenvalue weighted by atomic mass is 32.2. The van der Waals surface area contributed by atoms with E-state index in [1.54, 1.807) is 24.3 Å². The SMILES string of the molecule is N=C1C(=Cc2ccc(-c3cccc([N+](=O)[O-])c3)o2)C(=O)N=C2SC=NN12. The number of rotatable bonds is 3. The van der Waals surface area contributed by atoms with Crippen LogP contribution >= 0.6 is 11.8 Å². The molecule has 0 radical (unpaired) electrons. The molecule has 1 aromatic heterocycles. The monoisotopic (exact) mass is 367 g/mol. The Labute approximate surface area is 150 Å². The number of hydrazone groups is 1. The number of non-ortho nitro benzene ring substituents is 1. The van der Waals surface area contributed by atoms with Gasteiger partial charge in [-0.15, -0.1) is 0 Å². The van der Waals surface area contributed by atoms with Gasteiger partial charge in [0.2, 0.25) is 0 Å². The molecule has 2 aliphatic heterocycles. The maximum Gasteiger partial charge on any atom is 0.283 e. The number of fused-ring (bicyclic) bond motifs is 1. The molecule has 0 spiro atoms. The van der Waals surface area contributed by atoms with Crippen LogP contribution in [0.25, 0.3) is 17.4 Å². The first-order valence-electron chi connectivity index (χ1n) is 7.30. The van der Waals surface area contributed by atoms with E-state index in [0.29, 0.717) is 22.3 Å². The number of benzene rings is 1. The maximum absolute atomic E-state index is 12.1. The number of amides is 1. The molecule has 9 nitrogen and oxygen atoms in total. The zero-order valence-electron chi connectivity index (χ0n) is 12.9. The molecule has 0 fully saturated rings. The predicted molar refractivity (Wildman–Crippen MR) is 96.9 cm³/mol. The minimum Gasteiger partial charge on any atom is -0.457 e. The molecule has 2 aliphatic rings. The Kier molecular flexibility index (Phi) is 3.73. The van der Waals surface area contributed by atoms with Gasteiger partial charge < -0.3 is 4.42 Å². The molecule has 0 bridgehead atoms. The summed E-state index contributed by atoms with van der Waals surface area (Å²) in [6, 6.07) is 9.29. The van der Waals surface area contributed by atoms with Crippen molar-refractivity contribution in [2.24, 2.45) is 10.1 Å². The number of furan rings is 1. The van der Waals surface area contributed by atoms with Crippen molar-refractivity contribution in [3.63, 3.8) is 0 Å². The van der Waals surface area contributed by atoms with Gasteiger partial charge in [-0.2, -0.15) is 15.1 Å². The Morgan fingerprint density at radius 3 is 2.96 bits per heavy atom. The smallest absolute Gasteiger partial charge is 0.283 e. The first-order chi connectivity index (χ1) is 12.5. The lowest BCUT2D eigenvalue weighted by Gasteiger charge is -2.19. The second-order valence-corrected chi connectivity index (χ2v) is 6.08. The van der Waals surface area contributed by atoms with Gasteiger partial charge in [-0.25, -0.2) is 0 Å². The number of hydrogen-bond acceptors (Lipinski definition) is 7. The number of nitro benzene ring substituents is 1. The highest BCUT2D eigenvalue weighted by Gasteiger charge is 2.32. The fourth-order valence-electron chi connectivity index (χ4n) is 2.44. The van der Waals surface area contributed by atoms with Gasteiger partial charge in [0.05, 0.1) is 16.0 Å². The topological polar surface area (TPSA) is 125 Å². The van der Waals surface area contributed by atoms with Gasteiger partial charge >= 0.3 is 0 Å². The highest BCUT2D eigenvalue weighted by Crippen LogP contribution is 2.28. The summed E-state index contributed by atoms with van der Waals surface area (Å²) >= 11 is 1.16. The van der Waals surface area contributed by atoms with E-state index in [1.165, 1.54) is 28.8 Å². The van der Waals surface area contributed by atoms with Crippen LogP contribution in [-0.4, -0.2) is 32.4 Å². The zero-order valence-corrected chi connectivity index (χ0v) is 13.8. The van der Waals surface area contributed by atoms with Crippen LogP contribution in [0.4, 0.5) is 5.69 Å². The van der Waals surface area contributed by atoms with Crippen LogP contribution < -0.4 is 0 Å². The van der Waals surface area contributed by atoms with Crippen LogP contribution in [0.3, 0.4) is 0 Å². The van der Waals surface area contributed by atoms with Crippen molar-refractivity contribution in [1.82, 2.24) is 5.01 Å². The molecule has 4 rings (SSSR count). The fraction of sp³-hybridized carbons (Fsp3) is 0. The normalized spacial score (nSPS) is 17.6. The second-order valence-electron chi connectivity index (χ2n) is 5.27. The zero-order chi connectivity index (χ0) is 18.3. The molecule has 1 aromatic carbocycles. The van der Waals surface area contributed by atoms with Crippen molar-refractivity contribution >= 4 is 46.0 Å². The fourth-order valence-corrected chi connectivity index (χ4v) is 3.05. The number of aliphatic imine (C=N–C) groups is 1. The van der Waals surface area contributed by atoms with E-state index in [9.17, 15) is 14.9 Å². The van der Waals surface area contributed by atoms with Gasteiger partial charge in [-0.1, -0.05) is 12.1 Å². The van der Waals surface area contributed by atoms with Gasteiger partial charge in [-0.3, -0.25) is 20.3 Å².